The molecular formula is C15H15FN2O4S. The van der Waals surface area contributed by atoms with Gasteiger partial charge in [0.05, 0.1) is 22.6 Å². The van der Waals surface area contributed by atoms with Crippen molar-refractivity contribution in [2.75, 3.05) is 11.5 Å². The molecule has 8 heteroatoms. The van der Waals surface area contributed by atoms with Crippen LogP contribution < -0.4 is 5.32 Å². The molecule has 6 nitrogen and oxygen atoms in total. The predicted octanol–water partition coefficient (Wildman–Crippen LogP) is 1.36. The largest absolute Gasteiger partial charge is 0.348 e. The van der Waals surface area contributed by atoms with Gasteiger partial charge in [0.2, 0.25) is 5.91 Å². The van der Waals surface area contributed by atoms with Crippen molar-refractivity contribution in [3.05, 3.63) is 35.8 Å². The van der Waals surface area contributed by atoms with Crippen LogP contribution in [0.1, 0.15) is 28.5 Å². The zero-order valence-electron chi connectivity index (χ0n) is 12.4. The summed E-state index contributed by atoms with van der Waals surface area (Å²) < 4.78 is 37.7. The number of carbonyl (C=O) groups excluding carboxylic acids is 2. The van der Waals surface area contributed by atoms with Crippen LogP contribution in [0.25, 0.3) is 10.9 Å². The highest BCUT2D eigenvalue weighted by Crippen LogP contribution is 2.23. The van der Waals surface area contributed by atoms with Crippen LogP contribution in [0.2, 0.25) is 0 Å². The lowest BCUT2D eigenvalue weighted by atomic mass is 10.1. The summed E-state index contributed by atoms with van der Waals surface area (Å²) in [5.41, 5.74) is 0.585. The molecule has 0 radical (unpaired) electrons. The number of halogens is 1. The second-order valence-electron chi connectivity index (χ2n) is 5.67. The molecule has 0 bridgehead atoms. The Balaban J connectivity index is 1.97. The maximum absolute atomic E-state index is 13.5. The van der Waals surface area contributed by atoms with Crippen molar-refractivity contribution in [2.45, 2.75) is 19.4 Å². The predicted molar refractivity (Wildman–Crippen MR) is 82.7 cm³/mol. The molecule has 1 amide bonds. The molecule has 1 aromatic heterocycles. The van der Waals surface area contributed by atoms with Crippen LogP contribution in [0.15, 0.2) is 24.4 Å². The lowest BCUT2D eigenvalue weighted by Crippen LogP contribution is -2.35. The summed E-state index contributed by atoms with van der Waals surface area (Å²) >= 11 is 0. The fourth-order valence-electron chi connectivity index (χ4n) is 2.82. The van der Waals surface area contributed by atoms with Crippen molar-refractivity contribution in [1.82, 2.24) is 9.88 Å². The van der Waals surface area contributed by atoms with Gasteiger partial charge in [-0.15, -0.1) is 0 Å². The van der Waals surface area contributed by atoms with Gasteiger partial charge in [-0.3, -0.25) is 14.2 Å². The number of sulfone groups is 1. The Hall–Kier alpha value is -2.22. The average Bonchev–Trinajstić information content (AvgIpc) is 2.98. The van der Waals surface area contributed by atoms with Crippen molar-refractivity contribution >= 4 is 32.6 Å². The number of aromatic nitrogens is 1. The van der Waals surface area contributed by atoms with E-state index >= 15 is 0 Å². The van der Waals surface area contributed by atoms with E-state index in [1.165, 1.54) is 35.9 Å². The van der Waals surface area contributed by atoms with Crippen LogP contribution in [0.4, 0.5) is 4.39 Å². The molecule has 2 heterocycles. The summed E-state index contributed by atoms with van der Waals surface area (Å²) in [4.78, 5) is 24.1. The number of benzene rings is 1. The van der Waals surface area contributed by atoms with E-state index in [-0.39, 0.29) is 23.0 Å². The summed E-state index contributed by atoms with van der Waals surface area (Å²) in [7, 11) is -3.11. The number of fused-ring (bicyclic) bond motifs is 1. The molecule has 1 aliphatic rings. The Kier molecular flexibility index (Phi) is 3.71. The van der Waals surface area contributed by atoms with Gasteiger partial charge < -0.3 is 5.32 Å². The van der Waals surface area contributed by atoms with Crippen LogP contribution in [0.5, 0.6) is 0 Å². The van der Waals surface area contributed by atoms with Crippen LogP contribution in [0.3, 0.4) is 0 Å². The first-order valence-electron chi connectivity index (χ1n) is 7.10. The highest BCUT2D eigenvalue weighted by atomic mass is 32.2. The Morgan fingerprint density at radius 1 is 1.35 bits per heavy atom. The SMILES string of the molecule is CC(=O)n1cc(C(=O)NC2CCS(=O)(=O)C2)c2cc(F)ccc21. The summed E-state index contributed by atoms with van der Waals surface area (Å²) in [6, 6.07) is 3.38. The molecule has 1 fully saturated rings. The van der Waals surface area contributed by atoms with E-state index in [1.54, 1.807) is 0 Å². The molecule has 1 unspecified atom stereocenters. The minimum atomic E-state index is -3.11. The average molecular weight is 338 g/mol. The second kappa shape index (κ2) is 5.45. The number of hydrogen-bond acceptors (Lipinski definition) is 4. The van der Waals surface area contributed by atoms with Crippen LogP contribution in [0, 0.1) is 5.82 Å². The Morgan fingerprint density at radius 2 is 2.09 bits per heavy atom. The van der Waals surface area contributed by atoms with Crippen molar-refractivity contribution in [3.8, 4) is 0 Å². The van der Waals surface area contributed by atoms with Crippen LogP contribution >= 0.6 is 0 Å². The minimum absolute atomic E-state index is 0.0434. The second-order valence-corrected chi connectivity index (χ2v) is 7.90. The zero-order valence-corrected chi connectivity index (χ0v) is 13.2. The summed E-state index contributed by atoms with van der Waals surface area (Å²) in [5, 5.41) is 2.97. The molecule has 0 aliphatic carbocycles. The van der Waals surface area contributed by atoms with E-state index in [4.69, 9.17) is 0 Å². The van der Waals surface area contributed by atoms with Crippen molar-refractivity contribution in [1.29, 1.82) is 0 Å². The maximum Gasteiger partial charge on any atom is 0.253 e. The maximum atomic E-state index is 13.5. The van der Waals surface area contributed by atoms with Gasteiger partial charge in [-0.05, 0) is 24.6 Å². The molecular weight excluding hydrogens is 323 g/mol. The van der Waals surface area contributed by atoms with E-state index in [2.05, 4.69) is 5.32 Å². The van der Waals surface area contributed by atoms with Gasteiger partial charge in [0.15, 0.2) is 9.84 Å². The highest BCUT2D eigenvalue weighted by Gasteiger charge is 2.30. The number of nitrogens with one attached hydrogen (secondary N) is 1. The van der Waals surface area contributed by atoms with Gasteiger partial charge in [-0.25, -0.2) is 12.8 Å². The summed E-state index contributed by atoms with van der Waals surface area (Å²) in [6.45, 7) is 1.34. The van der Waals surface area contributed by atoms with Gasteiger partial charge >= 0.3 is 0 Å². The van der Waals surface area contributed by atoms with Gasteiger partial charge in [0, 0.05) is 24.5 Å². The van der Waals surface area contributed by atoms with E-state index in [9.17, 15) is 22.4 Å². The molecule has 1 aliphatic heterocycles. The summed E-state index contributed by atoms with van der Waals surface area (Å²) in [6.07, 6.45) is 1.71. The topological polar surface area (TPSA) is 85.2 Å². The number of nitrogens with zero attached hydrogens (tertiary/aromatic N) is 1. The molecule has 1 aromatic carbocycles. The molecule has 0 spiro atoms. The van der Waals surface area contributed by atoms with Gasteiger partial charge in [-0.2, -0.15) is 0 Å². The van der Waals surface area contributed by atoms with Gasteiger partial charge in [0.1, 0.15) is 5.82 Å². The molecule has 23 heavy (non-hydrogen) atoms. The first kappa shape index (κ1) is 15.7. The van der Waals surface area contributed by atoms with Gasteiger partial charge in [0.25, 0.3) is 5.91 Å². The number of carbonyl (C=O) groups is 2. The molecule has 0 saturated carbocycles. The standard InChI is InChI=1S/C15H15FN2O4S/c1-9(19)18-7-13(12-6-10(16)2-3-14(12)18)15(20)17-11-4-5-23(21,22)8-11/h2-3,6-7,11H,4-5,8H2,1H3,(H,17,20). The fraction of sp³-hybridized carbons (Fsp3) is 0.333. The molecule has 122 valence electrons. The normalized spacial score (nSPS) is 19.8. The fourth-order valence-corrected chi connectivity index (χ4v) is 4.49. The lowest BCUT2D eigenvalue weighted by molar-refractivity contribution is 0.0941. The summed E-state index contributed by atoms with van der Waals surface area (Å²) in [5.74, 6) is -1.39. The van der Waals surface area contributed by atoms with Crippen LogP contribution in [-0.2, 0) is 9.84 Å². The quantitative estimate of drug-likeness (QED) is 0.896. The third kappa shape index (κ3) is 2.98. The van der Waals surface area contributed by atoms with Gasteiger partial charge in [-0.1, -0.05) is 0 Å². The number of amides is 1. The molecule has 2 aromatic rings. The van der Waals surface area contributed by atoms with Crippen molar-refractivity contribution in [2.24, 2.45) is 0 Å². The molecule has 3 rings (SSSR count). The Bertz CT molecular complexity index is 917. The first-order chi connectivity index (χ1) is 10.8. The van der Waals surface area contributed by atoms with E-state index in [1.807, 2.05) is 0 Å². The van der Waals surface area contributed by atoms with Crippen molar-refractivity contribution < 1.29 is 22.4 Å². The molecule has 1 atom stereocenters. The molecule has 1 saturated heterocycles. The minimum Gasteiger partial charge on any atom is -0.348 e. The van der Waals surface area contributed by atoms with Crippen LogP contribution in [-0.4, -0.2) is 42.3 Å². The first-order valence-corrected chi connectivity index (χ1v) is 8.92. The number of rotatable bonds is 2. The van der Waals surface area contributed by atoms with Crippen molar-refractivity contribution in [3.63, 3.8) is 0 Å². The third-order valence-corrected chi connectivity index (χ3v) is 5.69. The monoisotopic (exact) mass is 338 g/mol. The third-order valence-electron chi connectivity index (χ3n) is 3.92. The van der Waals surface area contributed by atoms with E-state index in [0.717, 1.165) is 0 Å². The lowest BCUT2D eigenvalue weighted by Gasteiger charge is -2.10. The zero-order chi connectivity index (χ0) is 16.8. The number of hydrogen-bond donors (Lipinski definition) is 1. The van der Waals surface area contributed by atoms with E-state index < -0.39 is 27.6 Å². The van der Waals surface area contributed by atoms with E-state index in [0.29, 0.717) is 17.3 Å². The smallest absolute Gasteiger partial charge is 0.253 e. The molecule has 1 N–H and O–H groups in total. The Morgan fingerprint density at radius 3 is 2.70 bits per heavy atom. The Labute approximate surface area is 132 Å². The highest BCUT2D eigenvalue weighted by molar-refractivity contribution is 7.91.